The summed E-state index contributed by atoms with van der Waals surface area (Å²) < 4.78 is 0. The maximum atomic E-state index is 12.1. The van der Waals surface area contributed by atoms with Crippen molar-refractivity contribution in [3.05, 3.63) is 0 Å². The van der Waals surface area contributed by atoms with Crippen LogP contribution in [0.4, 0.5) is 4.79 Å². The molecule has 0 aromatic rings. The molecule has 0 radical (unpaired) electrons. The van der Waals surface area contributed by atoms with Gasteiger partial charge in [0.1, 0.15) is 5.54 Å². The smallest absolute Gasteiger partial charge is 0.322 e. The molecule has 3 amide bonds. The van der Waals surface area contributed by atoms with Gasteiger partial charge in [-0.2, -0.15) is 0 Å². The van der Waals surface area contributed by atoms with E-state index in [-0.39, 0.29) is 17.9 Å². The number of carbonyl (C=O) groups is 2. The lowest BCUT2D eigenvalue weighted by Gasteiger charge is -2.39. The number of nitrogens with zero attached hydrogens (tertiary/aromatic N) is 2. The molecule has 0 bridgehead atoms. The van der Waals surface area contributed by atoms with Crippen molar-refractivity contribution < 1.29 is 9.59 Å². The Morgan fingerprint density at radius 2 is 2.04 bits per heavy atom. The van der Waals surface area contributed by atoms with Crippen LogP contribution in [0.2, 0.25) is 0 Å². The zero-order chi connectivity index (χ0) is 16.6. The number of piperidine rings is 1. The van der Waals surface area contributed by atoms with E-state index in [1.54, 1.807) is 0 Å². The first-order chi connectivity index (χ1) is 10.9. The van der Waals surface area contributed by atoms with Crippen LogP contribution in [0.15, 0.2) is 4.99 Å². The summed E-state index contributed by atoms with van der Waals surface area (Å²) in [4.78, 5) is 30.4. The first-order valence-corrected chi connectivity index (χ1v) is 8.63. The van der Waals surface area contributed by atoms with E-state index in [0.29, 0.717) is 6.04 Å². The molecule has 3 fully saturated rings. The Bertz CT molecular complexity index is 527. The van der Waals surface area contributed by atoms with Crippen LogP contribution < -0.4 is 16.0 Å². The van der Waals surface area contributed by atoms with Crippen LogP contribution in [0.5, 0.6) is 0 Å². The van der Waals surface area contributed by atoms with Crippen molar-refractivity contribution in [2.24, 2.45) is 16.8 Å². The van der Waals surface area contributed by atoms with Gasteiger partial charge in [-0.3, -0.25) is 15.1 Å². The average molecular weight is 321 g/mol. The summed E-state index contributed by atoms with van der Waals surface area (Å²) in [5, 5.41) is 8.71. The second-order valence-corrected chi connectivity index (χ2v) is 7.13. The normalized spacial score (nSPS) is 35.1. The molecule has 1 saturated carbocycles. The Morgan fingerprint density at radius 3 is 2.52 bits per heavy atom. The topological polar surface area (TPSA) is 85.8 Å². The number of hydrogen-bond acceptors (Lipinski definition) is 3. The van der Waals surface area contributed by atoms with Crippen molar-refractivity contribution in [2.45, 2.75) is 51.6 Å². The molecule has 1 aliphatic carbocycles. The molecule has 0 spiro atoms. The monoisotopic (exact) mass is 321 g/mol. The number of imide groups is 1. The van der Waals surface area contributed by atoms with Gasteiger partial charge in [0.2, 0.25) is 0 Å². The number of carbonyl (C=O) groups excluding carboxylic acids is 2. The molecule has 3 rings (SSSR count). The number of guanidine groups is 1. The minimum Gasteiger partial charge on any atom is -0.353 e. The van der Waals surface area contributed by atoms with Crippen LogP contribution in [0.3, 0.4) is 0 Å². The fraction of sp³-hybridized carbons (Fsp3) is 0.812. The third-order valence-corrected chi connectivity index (χ3v) is 5.41. The summed E-state index contributed by atoms with van der Waals surface area (Å²) in [7, 11) is 0. The summed E-state index contributed by atoms with van der Waals surface area (Å²) >= 11 is 0. The Labute approximate surface area is 137 Å². The SMILES string of the molecule is CCN=C(NC1CC1C)N1CCC(C2(C)NC(=O)NC2=O)CC1. The molecule has 0 aromatic heterocycles. The predicted octanol–water partition coefficient (Wildman–Crippen LogP) is 0.670. The molecule has 7 heteroatoms. The van der Waals surface area contributed by atoms with Crippen molar-refractivity contribution in [2.75, 3.05) is 19.6 Å². The van der Waals surface area contributed by atoms with Crippen molar-refractivity contribution in [3.63, 3.8) is 0 Å². The van der Waals surface area contributed by atoms with Crippen molar-refractivity contribution >= 4 is 17.9 Å². The molecule has 23 heavy (non-hydrogen) atoms. The standard InChI is InChI=1S/C16H27N5O2/c1-4-17-14(18-12-9-10(12)2)21-7-5-11(6-8-21)16(3)13(22)19-15(23)20-16/h10-12H,4-9H2,1-3H3,(H,17,18)(H2,19,20,22,23). The highest BCUT2D eigenvalue weighted by molar-refractivity contribution is 6.07. The number of aliphatic imine (C=N–C) groups is 1. The molecule has 2 aliphatic heterocycles. The fourth-order valence-electron chi connectivity index (χ4n) is 3.59. The van der Waals surface area contributed by atoms with Gasteiger partial charge in [-0.1, -0.05) is 6.92 Å². The van der Waals surface area contributed by atoms with Gasteiger partial charge in [0.15, 0.2) is 5.96 Å². The number of likely N-dealkylation sites (tertiary alicyclic amines) is 1. The van der Waals surface area contributed by atoms with Gasteiger partial charge in [0, 0.05) is 25.7 Å². The molecule has 3 N–H and O–H groups in total. The van der Waals surface area contributed by atoms with Crippen LogP contribution in [0.25, 0.3) is 0 Å². The molecule has 7 nitrogen and oxygen atoms in total. The van der Waals surface area contributed by atoms with Gasteiger partial charge in [0.25, 0.3) is 5.91 Å². The Balaban J connectivity index is 1.60. The van der Waals surface area contributed by atoms with Crippen molar-refractivity contribution in [3.8, 4) is 0 Å². The molecule has 0 aromatic carbocycles. The van der Waals surface area contributed by atoms with E-state index < -0.39 is 5.54 Å². The van der Waals surface area contributed by atoms with Crippen LogP contribution in [-0.2, 0) is 4.79 Å². The molecular formula is C16H27N5O2. The lowest BCUT2D eigenvalue weighted by molar-refractivity contribution is -0.125. The van der Waals surface area contributed by atoms with Crippen molar-refractivity contribution in [1.29, 1.82) is 0 Å². The second kappa shape index (κ2) is 6.02. The quantitative estimate of drug-likeness (QED) is 0.405. The minimum atomic E-state index is -0.774. The lowest BCUT2D eigenvalue weighted by Crippen LogP contribution is -2.55. The third-order valence-electron chi connectivity index (χ3n) is 5.41. The van der Waals surface area contributed by atoms with Gasteiger partial charge in [-0.15, -0.1) is 0 Å². The molecule has 3 aliphatic rings. The predicted molar refractivity (Wildman–Crippen MR) is 88.1 cm³/mol. The first kappa shape index (κ1) is 16.1. The highest BCUT2D eigenvalue weighted by atomic mass is 16.2. The zero-order valence-corrected chi connectivity index (χ0v) is 14.2. The highest BCUT2D eigenvalue weighted by Crippen LogP contribution is 2.32. The Hall–Kier alpha value is -1.79. The lowest BCUT2D eigenvalue weighted by atomic mass is 9.79. The Kier molecular flexibility index (Phi) is 4.21. The van der Waals surface area contributed by atoms with Crippen LogP contribution in [0, 0.1) is 11.8 Å². The zero-order valence-electron chi connectivity index (χ0n) is 14.2. The average Bonchev–Trinajstić information content (AvgIpc) is 3.14. The summed E-state index contributed by atoms with van der Waals surface area (Å²) in [5.74, 6) is 1.68. The van der Waals surface area contributed by atoms with Gasteiger partial charge in [0.05, 0.1) is 0 Å². The maximum Gasteiger partial charge on any atom is 0.322 e. The van der Waals surface area contributed by atoms with E-state index in [1.165, 1.54) is 6.42 Å². The number of rotatable bonds is 3. The van der Waals surface area contributed by atoms with Gasteiger partial charge < -0.3 is 15.5 Å². The first-order valence-electron chi connectivity index (χ1n) is 8.63. The van der Waals surface area contributed by atoms with E-state index in [2.05, 4.69) is 32.8 Å². The number of amides is 3. The summed E-state index contributed by atoms with van der Waals surface area (Å²) in [6.45, 7) is 8.60. The van der Waals surface area contributed by atoms with E-state index in [0.717, 1.165) is 44.4 Å². The molecule has 2 saturated heterocycles. The van der Waals surface area contributed by atoms with Crippen LogP contribution in [-0.4, -0.2) is 54.0 Å². The van der Waals surface area contributed by atoms with E-state index in [9.17, 15) is 9.59 Å². The van der Waals surface area contributed by atoms with E-state index in [1.807, 2.05) is 13.8 Å². The second-order valence-electron chi connectivity index (χ2n) is 7.13. The van der Waals surface area contributed by atoms with Crippen LogP contribution in [0.1, 0.15) is 40.0 Å². The Morgan fingerprint density at radius 1 is 1.39 bits per heavy atom. The van der Waals surface area contributed by atoms with Crippen LogP contribution >= 0.6 is 0 Å². The molecule has 128 valence electrons. The van der Waals surface area contributed by atoms with E-state index in [4.69, 9.17) is 0 Å². The summed E-state index contributed by atoms with van der Waals surface area (Å²) in [6.07, 6.45) is 2.95. The molecular weight excluding hydrogens is 294 g/mol. The van der Waals surface area contributed by atoms with Gasteiger partial charge in [-0.25, -0.2) is 4.79 Å². The van der Waals surface area contributed by atoms with Crippen molar-refractivity contribution in [1.82, 2.24) is 20.9 Å². The summed E-state index contributed by atoms with van der Waals surface area (Å²) in [5.41, 5.74) is -0.774. The van der Waals surface area contributed by atoms with E-state index >= 15 is 0 Å². The largest absolute Gasteiger partial charge is 0.353 e. The number of urea groups is 1. The molecule has 2 heterocycles. The summed E-state index contributed by atoms with van der Waals surface area (Å²) in [6, 6.07) is 0.174. The number of nitrogens with one attached hydrogen (secondary N) is 3. The maximum absolute atomic E-state index is 12.1. The highest BCUT2D eigenvalue weighted by Gasteiger charge is 2.48. The fourth-order valence-corrected chi connectivity index (χ4v) is 3.59. The molecule has 3 atom stereocenters. The molecule has 3 unspecified atom stereocenters. The minimum absolute atomic E-state index is 0.160. The van der Waals surface area contributed by atoms with Gasteiger partial charge >= 0.3 is 6.03 Å². The third kappa shape index (κ3) is 3.14. The van der Waals surface area contributed by atoms with Gasteiger partial charge in [-0.05, 0) is 44.9 Å². The number of hydrogen-bond donors (Lipinski definition) is 3.